The maximum Gasteiger partial charge on any atom is 0.258 e. The molecule has 6 nitrogen and oxygen atoms in total. The maximum absolute atomic E-state index is 13.2. The van der Waals surface area contributed by atoms with E-state index in [4.69, 9.17) is 0 Å². The van der Waals surface area contributed by atoms with Crippen molar-refractivity contribution < 1.29 is 4.79 Å². The van der Waals surface area contributed by atoms with Crippen molar-refractivity contribution in [3.63, 3.8) is 0 Å². The van der Waals surface area contributed by atoms with Gasteiger partial charge in [-0.25, -0.2) is 0 Å². The van der Waals surface area contributed by atoms with Gasteiger partial charge in [-0.3, -0.25) is 19.6 Å². The molecule has 4 aliphatic rings. The highest BCUT2D eigenvalue weighted by Gasteiger charge is 2.51. The second-order valence-electron chi connectivity index (χ2n) is 10.8. The van der Waals surface area contributed by atoms with E-state index in [1.54, 1.807) is 23.2 Å². The summed E-state index contributed by atoms with van der Waals surface area (Å²) in [7, 11) is 0. The Morgan fingerprint density at radius 2 is 1.76 bits per heavy atom. The van der Waals surface area contributed by atoms with Gasteiger partial charge in [-0.05, 0) is 86.8 Å². The third-order valence-electron chi connectivity index (χ3n) is 8.16. The second kappa shape index (κ2) is 7.79. The highest BCUT2D eigenvalue weighted by Crippen LogP contribution is 2.61. The highest BCUT2D eigenvalue weighted by atomic mass is 16.1. The molecule has 3 aromatic rings. The summed E-state index contributed by atoms with van der Waals surface area (Å²) in [6, 6.07) is 7.48. The quantitative estimate of drug-likeness (QED) is 0.622. The molecule has 1 aromatic carbocycles. The summed E-state index contributed by atoms with van der Waals surface area (Å²) >= 11 is 0. The smallest absolute Gasteiger partial charge is 0.258 e. The van der Waals surface area contributed by atoms with Crippen LogP contribution in [0.2, 0.25) is 0 Å². The molecular weight excluding hydrogens is 412 g/mol. The molecule has 170 valence electrons. The van der Waals surface area contributed by atoms with Gasteiger partial charge in [0.1, 0.15) is 0 Å². The Bertz CT molecular complexity index is 1240. The van der Waals surface area contributed by atoms with Crippen LogP contribution in [0.15, 0.2) is 47.7 Å². The van der Waals surface area contributed by atoms with Crippen LogP contribution in [-0.4, -0.2) is 20.4 Å². The Morgan fingerprint density at radius 3 is 2.42 bits per heavy atom. The third kappa shape index (κ3) is 3.85. The van der Waals surface area contributed by atoms with E-state index < -0.39 is 0 Å². The summed E-state index contributed by atoms with van der Waals surface area (Å²) in [5, 5.41) is 4.54. The van der Waals surface area contributed by atoms with Crippen molar-refractivity contribution in [2.45, 2.75) is 58.4 Å². The summed E-state index contributed by atoms with van der Waals surface area (Å²) in [4.78, 5) is 34.9. The van der Waals surface area contributed by atoms with Crippen LogP contribution in [0.5, 0.6) is 0 Å². The van der Waals surface area contributed by atoms with Gasteiger partial charge in [-0.1, -0.05) is 6.07 Å². The average Bonchev–Trinajstić information content (AvgIpc) is 2.76. The van der Waals surface area contributed by atoms with Gasteiger partial charge in [-0.2, -0.15) is 0 Å². The fourth-order valence-electron chi connectivity index (χ4n) is 7.27. The van der Waals surface area contributed by atoms with Crippen LogP contribution in [0.25, 0.3) is 10.8 Å². The molecule has 4 aliphatic carbocycles. The number of benzene rings is 1. The fourth-order valence-corrected chi connectivity index (χ4v) is 7.27. The molecule has 4 saturated carbocycles. The largest absolute Gasteiger partial charge is 0.325 e. The Kier molecular flexibility index (Phi) is 4.86. The normalized spacial score (nSPS) is 27.7. The number of fused-ring (bicyclic) bond motifs is 1. The van der Waals surface area contributed by atoms with Crippen LogP contribution >= 0.6 is 0 Å². The van der Waals surface area contributed by atoms with Crippen LogP contribution < -0.4 is 10.9 Å². The predicted molar refractivity (Wildman–Crippen MR) is 128 cm³/mol. The number of amides is 1. The lowest BCUT2D eigenvalue weighted by atomic mass is 9.49. The first-order chi connectivity index (χ1) is 16.0. The molecule has 1 amide bonds. The maximum atomic E-state index is 13.2. The Morgan fingerprint density at radius 1 is 1.03 bits per heavy atom. The highest BCUT2D eigenvalue weighted by molar-refractivity contribution is 6.02. The van der Waals surface area contributed by atoms with Gasteiger partial charge < -0.3 is 9.88 Å². The second-order valence-corrected chi connectivity index (χ2v) is 10.8. The van der Waals surface area contributed by atoms with Crippen molar-refractivity contribution in [2.75, 3.05) is 5.32 Å². The predicted octanol–water partition coefficient (Wildman–Crippen LogP) is 4.69. The third-order valence-corrected chi connectivity index (χ3v) is 8.16. The number of hydrogen-bond donors (Lipinski definition) is 1. The van der Waals surface area contributed by atoms with E-state index in [0.717, 1.165) is 40.2 Å². The standard InChI is InChI=1S/C27H30N4O2/c1-17-14-29-21(15-28-17)16-31-6-5-22-23(26(31)33)3-2-4-24(22)30-25(32)13-27-10-18-7-19(11-27)9-20(8-18)12-27/h2-6,14-15,18-20H,7-13,16H2,1H3,(H,30,32). The van der Waals surface area contributed by atoms with E-state index in [-0.39, 0.29) is 16.9 Å². The SMILES string of the molecule is Cc1cnc(Cn2ccc3c(NC(=O)CC45CC6CC(CC(C6)C4)C5)cccc3c2=O)cn1. The molecule has 0 radical (unpaired) electrons. The topological polar surface area (TPSA) is 76.9 Å². The molecule has 33 heavy (non-hydrogen) atoms. The molecule has 4 bridgehead atoms. The molecule has 0 unspecified atom stereocenters. The van der Waals surface area contributed by atoms with Gasteiger partial charge in [0.15, 0.2) is 0 Å². The van der Waals surface area contributed by atoms with Crippen molar-refractivity contribution in [2.24, 2.45) is 23.2 Å². The molecule has 4 fully saturated rings. The van der Waals surface area contributed by atoms with Crippen LogP contribution in [0, 0.1) is 30.1 Å². The summed E-state index contributed by atoms with van der Waals surface area (Å²) < 4.78 is 1.64. The molecule has 2 heterocycles. The number of aromatic nitrogens is 3. The number of rotatable bonds is 5. The van der Waals surface area contributed by atoms with Gasteiger partial charge in [-0.15, -0.1) is 0 Å². The Hall–Kier alpha value is -3.02. The van der Waals surface area contributed by atoms with Crippen LogP contribution in [0.3, 0.4) is 0 Å². The molecule has 2 aromatic heterocycles. The molecular formula is C27H30N4O2. The van der Waals surface area contributed by atoms with Gasteiger partial charge in [0.25, 0.3) is 5.56 Å². The Labute approximate surface area is 193 Å². The molecule has 0 saturated heterocycles. The monoisotopic (exact) mass is 442 g/mol. The van der Waals surface area contributed by atoms with E-state index in [2.05, 4.69) is 15.3 Å². The summed E-state index contributed by atoms with van der Waals surface area (Å²) in [5.41, 5.74) is 2.42. The van der Waals surface area contributed by atoms with Gasteiger partial charge in [0.2, 0.25) is 5.91 Å². The summed E-state index contributed by atoms with van der Waals surface area (Å²) in [5.74, 6) is 2.58. The first-order valence-electron chi connectivity index (χ1n) is 12.2. The number of nitrogens with zero attached hydrogens (tertiary/aromatic N) is 3. The summed E-state index contributed by atoms with van der Waals surface area (Å²) in [6.45, 7) is 2.25. The molecule has 0 spiro atoms. The lowest BCUT2D eigenvalue weighted by Crippen LogP contribution is -2.47. The molecule has 6 heteroatoms. The number of carbonyl (C=O) groups is 1. The number of aryl methyl sites for hydroxylation is 1. The minimum absolute atomic E-state index is 0.0866. The average molecular weight is 443 g/mol. The molecule has 7 rings (SSSR count). The van der Waals surface area contributed by atoms with E-state index in [9.17, 15) is 9.59 Å². The summed E-state index contributed by atoms with van der Waals surface area (Å²) in [6.07, 6.45) is 13.6. The number of anilines is 1. The van der Waals surface area contributed by atoms with Gasteiger partial charge >= 0.3 is 0 Å². The minimum Gasteiger partial charge on any atom is -0.325 e. The zero-order valence-electron chi connectivity index (χ0n) is 19.1. The van der Waals surface area contributed by atoms with Crippen molar-refractivity contribution in [1.29, 1.82) is 0 Å². The Balaban J connectivity index is 1.23. The lowest BCUT2D eigenvalue weighted by Gasteiger charge is -2.56. The number of carbonyl (C=O) groups excluding carboxylic acids is 1. The van der Waals surface area contributed by atoms with E-state index in [0.29, 0.717) is 18.4 Å². The first-order valence-corrected chi connectivity index (χ1v) is 12.2. The number of hydrogen-bond acceptors (Lipinski definition) is 4. The minimum atomic E-state index is -0.0907. The first kappa shape index (κ1) is 20.6. The van der Waals surface area contributed by atoms with E-state index in [1.807, 2.05) is 31.2 Å². The fraction of sp³-hybridized carbons (Fsp3) is 0.481. The van der Waals surface area contributed by atoms with E-state index in [1.165, 1.54) is 38.5 Å². The van der Waals surface area contributed by atoms with E-state index >= 15 is 0 Å². The van der Waals surface area contributed by atoms with Crippen LogP contribution in [0.1, 0.15) is 56.3 Å². The van der Waals surface area contributed by atoms with Crippen LogP contribution in [-0.2, 0) is 11.3 Å². The molecule has 0 aliphatic heterocycles. The number of nitrogens with one attached hydrogen (secondary N) is 1. The molecule has 0 atom stereocenters. The number of pyridine rings is 1. The molecule has 1 N–H and O–H groups in total. The lowest BCUT2D eigenvalue weighted by molar-refractivity contribution is -0.124. The van der Waals surface area contributed by atoms with Gasteiger partial charge in [0.05, 0.1) is 24.1 Å². The van der Waals surface area contributed by atoms with Crippen LogP contribution in [0.4, 0.5) is 5.69 Å². The zero-order chi connectivity index (χ0) is 22.6. The van der Waals surface area contributed by atoms with Crippen molar-refractivity contribution in [3.05, 3.63) is 64.6 Å². The van der Waals surface area contributed by atoms with Crippen molar-refractivity contribution >= 4 is 22.4 Å². The van der Waals surface area contributed by atoms with Crippen molar-refractivity contribution in [3.8, 4) is 0 Å². The van der Waals surface area contributed by atoms with Crippen molar-refractivity contribution in [1.82, 2.24) is 14.5 Å². The van der Waals surface area contributed by atoms with Gasteiger partial charge in [0, 0.05) is 35.3 Å². The zero-order valence-corrected chi connectivity index (χ0v) is 19.1.